The molecule has 0 amide bonds. The molecule has 0 radical (unpaired) electrons. The lowest BCUT2D eigenvalue weighted by Gasteiger charge is -2.30. The van der Waals surface area contributed by atoms with Crippen LogP contribution in [-0.4, -0.2) is 37.7 Å². The van der Waals surface area contributed by atoms with Crippen LogP contribution in [0.15, 0.2) is 40.7 Å². The van der Waals surface area contributed by atoms with E-state index in [1.165, 1.54) is 25.7 Å². The number of hydrogen-bond donors (Lipinski definition) is 2. The molecule has 1 aliphatic carbocycles. The lowest BCUT2D eigenvalue weighted by Crippen LogP contribution is -2.43. The first-order valence-electron chi connectivity index (χ1n) is 10.3. The van der Waals surface area contributed by atoms with E-state index in [9.17, 15) is 0 Å². The zero-order valence-electron chi connectivity index (χ0n) is 17.0. The molecule has 2 N–H and O–H groups in total. The Bertz CT molecular complexity index is 738. The van der Waals surface area contributed by atoms with Gasteiger partial charge in [-0.2, -0.15) is 0 Å². The summed E-state index contributed by atoms with van der Waals surface area (Å²) in [5.41, 5.74) is 2.51. The lowest BCUT2D eigenvalue weighted by atomic mass is 9.83. The Morgan fingerprint density at radius 2 is 2.00 bits per heavy atom. The van der Waals surface area contributed by atoms with E-state index in [4.69, 9.17) is 14.7 Å². The zero-order chi connectivity index (χ0) is 19.7. The standard InChI is InChI=1S/C22H32N4OS/c1-3-23-21(25-17-22(13-14-27-2)11-7-8-12-22)24-15-19-16-28-20(26-19)18-9-5-4-6-10-18/h4-6,9-10,16H,3,7-8,11-15,17H2,1-2H3,(H2,23,24,25). The second-order valence-electron chi connectivity index (χ2n) is 7.51. The summed E-state index contributed by atoms with van der Waals surface area (Å²) >= 11 is 1.67. The van der Waals surface area contributed by atoms with Crippen LogP contribution in [-0.2, 0) is 11.3 Å². The van der Waals surface area contributed by atoms with Gasteiger partial charge in [-0.25, -0.2) is 9.98 Å². The fourth-order valence-electron chi connectivity index (χ4n) is 3.82. The molecule has 1 aromatic heterocycles. The van der Waals surface area contributed by atoms with Crippen molar-refractivity contribution in [3.63, 3.8) is 0 Å². The monoisotopic (exact) mass is 400 g/mol. The maximum Gasteiger partial charge on any atom is 0.191 e. The second kappa shape index (κ2) is 10.6. The van der Waals surface area contributed by atoms with Gasteiger partial charge in [-0.15, -0.1) is 11.3 Å². The first-order chi connectivity index (χ1) is 13.7. The molecule has 3 rings (SSSR count). The number of ether oxygens (including phenoxy) is 1. The molecule has 0 spiro atoms. The molecule has 0 aliphatic heterocycles. The summed E-state index contributed by atoms with van der Waals surface area (Å²) in [6.07, 6.45) is 6.30. The van der Waals surface area contributed by atoms with Crippen molar-refractivity contribution in [3.8, 4) is 10.6 Å². The molecular weight excluding hydrogens is 368 g/mol. The van der Waals surface area contributed by atoms with Gasteiger partial charge >= 0.3 is 0 Å². The van der Waals surface area contributed by atoms with Crippen molar-refractivity contribution < 1.29 is 4.74 Å². The number of aliphatic imine (C=N–C) groups is 1. The van der Waals surface area contributed by atoms with Crippen molar-refractivity contribution in [2.24, 2.45) is 10.4 Å². The predicted molar refractivity (Wildman–Crippen MR) is 118 cm³/mol. The molecule has 0 unspecified atom stereocenters. The highest BCUT2D eigenvalue weighted by atomic mass is 32.1. The highest BCUT2D eigenvalue weighted by Gasteiger charge is 2.33. The summed E-state index contributed by atoms with van der Waals surface area (Å²) < 4.78 is 5.35. The van der Waals surface area contributed by atoms with E-state index in [1.807, 2.05) is 18.2 Å². The summed E-state index contributed by atoms with van der Waals surface area (Å²) in [5, 5.41) is 10.1. The van der Waals surface area contributed by atoms with Gasteiger partial charge in [0.25, 0.3) is 0 Å². The molecule has 1 aromatic carbocycles. The highest BCUT2D eigenvalue weighted by molar-refractivity contribution is 7.13. The van der Waals surface area contributed by atoms with Gasteiger partial charge in [-0.1, -0.05) is 43.2 Å². The molecule has 28 heavy (non-hydrogen) atoms. The van der Waals surface area contributed by atoms with Crippen molar-refractivity contribution in [1.29, 1.82) is 0 Å². The Morgan fingerprint density at radius 3 is 2.71 bits per heavy atom. The van der Waals surface area contributed by atoms with Crippen molar-refractivity contribution >= 4 is 17.3 Å². The Balaban J connectivity index is 1.60. The maximum atomic E-state index is 5.35. The minimum absolute atomic E-state index is 0.341. The summed E-state index contributed by atoms with van der Waals surface area (Å²) in [4.78, 5) is 9.51. The van der Waals surface area contributed by atoms with Crippen LogP contribution in [0.1, 0.15) is 44.7 Å². The summed E-state index contributed by atoms with van der Waals surface area (Å²) in [5.74, 6) is 0.875. The number of nitrogens with zero attached hydrogens (tertiary/aromatic N) is 2. The Kier molecular flexibility index (Phi) is 7.86. The zero-order valence-corrected chi connectivity index (χ0v) is 17.9. The molecule has 0 atom stereocenters. The van der Waals surface area contributed by atoms with Gasteiger partial charge in [0.2, 0.25) is 0 Å². The van der Waals surface area contributed by atoms with E-state index < -0.39 is 0 Å². The predicted octanol–water partition coefficient (Wildman–Crippen LogP) is 4.46. The molecule has 152 valence electrons. The average Bonchev–Trinajstić information content (AvgIpc) is 3.40. The van der Waals surface area contributed by atoms with Gasteiger partial charge in [-0.3, -0.25) is 0 Å². The van der Waals surface area contributed by atoms with Crippen molar-refractivity contribution in [2.45, 2.75) is 45.6 Å². The third-order valence-corrected chi connectivity index (χ3v) is 6.39. The molecule has 1 fully saturated rings. The molecule has 2 aromatic rings. The van der Waals surface area contributed by atoms with Crippen LogP contribution in [0.25, 0.3) is 10.6 Å². The number of aromatic nitrogens is 1. The fraction of sp³-hybridized carbons (Fsp3) is 0.545. The fourth-order valence-corrected chi connectivity index (χ4v) is 4.64. The molecular formula is C22H32N4OS. The topological polar surface area (TPSA) is 58.5 Å². The number of rotatable bonds is 9. The highest BCUT2D eigenvalue weighted by Crippen LogP contribution is 2.40. The van der Waals surface area contributed by atoms with Gasteiger partial charge in [0.05, 0.1) is 12.2 Å². The number of nitrogens with one attached hydrogen (secondary N) is 2. The molecule has 1 saturated carbocycles. The quantitative estimate of drug-likeness (QED) is 0.482. The SMILES string of the molecule is CCNC(=NCc1csc(-c2ccccc2)n1)NCC1(CCOC)CCCC1. The number of guanidine groups is 1. The van der Waals surface area contributed by atoms with Crippen LogP contribution in [0, 0.1) is 5.41 Å². The van der Waals surface area contributed by atoms with E-state index >= 15 is 0 Å². The van der Waals surface area contributed by atoms with Gasteiger partial charge < -0.3 is 15.4 Å². The number of benzene rings is 1. The van der Waals surface area contributed by atoms with Crippen molar-refractivity contribution in [2.75, 3.05) is 26.8 Å². The molecule has 1 heterocycles. The van der Waals surface area contributed by atoms with Gasteiger partial charge in [0.15, 0.2) is 5.96 Å². The Hall–Kier alpha value is -1.92. The van der Waals surface area contributed by atoms with Crippen LogP contribution in [0.2, 0.25) is 0 Å². The normalized spacial score (nSPS) is 16.3. The minimum Gasteiger partial charge on any atom is -0.385 e. The molecule has 6 heteroatoms. The first kappa shape index (κ1) is 20.8. The van der Waals surface area contributed by atoms with Gasteiger partial charge in [0.1, 0.15) is 5.01 Å². The number of methoxy groups -OCH3 is 1. The van der Waals surface area contributed by atoms with E-state index in [0.717, 1.165) is 48.3 Å². The van der Waals surface area contributed by atoms with E-state index in [2.05, 4.69) is 35.1 Å². The molecule has 5 nitrogen and oxygen atoms in total. The maximum absolute atomic E-state index is 5.35. The van der Waals surface area contributed by atoms with E-state index in [0.29, 0.717) is 12.0 Å². The smallest absolute Gasteiger partial charge is 0.191 e. The largest absolute Gasteiger partial charge is 0.385 e. The average molecular weight is 401 g/mol. The Morgan fingerprint density at radius 1 is 1.21 bits per heavy atom. The van der Waals surface area contributed by atoms with E-state index in [-0.39, 0.29) is 0 Å². The number of hydrogen-bond acceptors (Lipinski definition) is 4. The minimum atomic E-state index is 0.341. The van der Waals surface area contributed by atoms with Crippen LogP contribution in [0.4, 0.5) is 0 Å². The first-order valence-corrected chi connectivity index (χ1v) is 11.1. The third kappa shape index (κ3) is 5.79. The van der Waals surface area contributed by atoms with Crippen LogP contribution in [0.5, 0.6) is 0 Å². The van der Waals surface area contributed by atoms with Gasteiger partial charge in [-0.05, 0) is 31.6 Å². The van der Waals surface area contributed by atoms with Crippen molar-refractivity contribution in [3.05, 3.63) is 41.4 Å². The summed E-state index contributed by atoms with van der Waals surface area (Å²) in [7, 11) is 1.79. The van der Waals surface area contributed by atoms with Gasteiger partial charge in [0, 0.05) is 37.7 Å². The van der Waals surface area contributed by atoms with Crippen LogP contribution < -0.4 is 10.6 Å². The molecule has 0 saturated heterocycles. The summed E-state index contributed by atoms with van der Waals surface area (Å²) in [6, 6.07) is 10.3. The summed E-state index contributed by atoms with van der Waals surface area (Å²) in [6.45, 7) is 5.32. The lowest BCUT2D eigenvalue weighted by molar-refractivity contribution is 0.138. The number of thiazole rings is 1. The molecule has 1 aliphatic rings. The third-order valence-electron chi connectivity index (χ3n) is 5.45. The van der Waals surface area contributed by atoms with E-state index in [1.54, 1.807) is 18.4 Å². The molecule has 0 bridgehead atoms. The van der Waals surface area contributed by atoms with Crippen LogP contribution >= 0.6 is 11.3 Å². The second-order valence-corrected chi connectivity index (χ2v) is 8.37. The Labute approximate surface area is 172 Å². The van der Waals surface area contributed by atoms with Crippen molar-refractivity contribution in [1.82, 2.24) is 15.6 Å². The van der Waals surface area contributed by atoms with Crippen LogP contribution in [0.3, 0.4) is 0 Å².